The second-order valence-corrected chi connectivity index (χ2v) is 4.84. The summed E-state index contributed by atoms with van der Waals surface area (Å²) >= 11 is 9.16. The molecule has 0 bridgehead atoms. The van der Waals surface area contributed by atoms with Gasteiger partial charge in [0, 0.05) is 4.47 Å². The van der Waals surface area contributed by atoms with Crippen molar-refractivity contribution in [1.82, 2.24) is 0 Å². The Hall–Kier alpha value is -1.66. The Morgan fingerprint density at radius 1 is 1.26 bits per heavy atom. The minimum Gasteiger partial charge on any atom is -0.448 e. The summed E-state index contributed by atoms with van der Waals surface area (Å²) in [4.78, 5) is 9.98. The number of rotatable bonds is 3. The number of hydrogen-bond acceptors (Lipinski definition) is 3. The molecule has 0 saturated carbocycles. The lowest BCUT2D eigenvalue weighted by molar-refractivity contribution is -0.388. The molecular weight excluding hydrogens is 340 g/mol. The van der Waals surface area contributed by atoms with E-state index < -0.39 is 16.4 Å². The predicted octanol–water partition coefficient (Wildman–Crippen LogP) is 4.94. The van der Waals surface area contributed by atoms with Gasteiger partial charge in [-0.15, -0.1) is 0 Å². The van der Waals surface area contributed by atoms with Crippen LogP contribution in [0.25, 0.3) is 0 Å². The summed E-state index contributed by atoms with van der Waals surface area (Å²) in [6.45, 7) is 0. The number of nitrogens with zero attached hydrogens (tertiary/aromatic N) is 1. The average Bonchev–Trinajstić information content (AvgIpc) is 2.32. The van der Waals surface area contributed by atoms with Gasteiger partial charge >= 0.3 is 5.69 Å². The van der Waals surface area contributed by atoms with Crippen molar-refractivity contribution in [2.24, 2.45) is 0 Å². The van der Waals surface area contributed by atoms with Crippen LogP contribution in [0.4, 0.5) is 10.1 Å². The van der Waals surface area contributed by atoms with Gasteiger partial charge < -0.3 is 4.74 Å². The summed E-state index contributed by atoms with van der Waals surface area (Å²) in [6.07, 6.45) is 0. The normalized spacial score (nSPS) is 10.3. The van der Waals surface area contributed by atoms with Gasteiger partial charge in [-0.1, -0.05) is 33.6 Å². The van der Waals surface area contributed by atoms with Crippen molar-refractivity contribution in [1.29, 1.82) is 0 Å². The second-order valence-electron chi connectivity index (χ2n) is 3.52. The van der Waals surface area contributed by atoms with Crippen LogP contribution in [0.3, 0.4) is 0 Å². The molecule has 19 heavy (non-hydrogen) atoms. The Bertz CT molecular complexity index is 651. The Morgan fingerprint density at radius 3 is 2.63 bits per heavy atom. The minimum atomic E-state index is -0.962. The highest BCUT2D eigenvalue weighted by atomic mass is 79.9. The van der Waals surface area contributed by atoms with E-state index in [2.05, 4.69) is 15.9 Å². The molecule has 0 unspecified atom stereocenters. The molecular formula is C12H6BrClFNO3. The number of halogens is 3. The maximum Gasteiger partial charge on any atom is 0.346 e. The van der Waals surface area contributed by atoms with Crippen LogP contribution in [0.2, 0.25) is 5.02 Å². The minimum absolute atomic E-state index is 0.200. The van der Waals surface area contributed by atoms with Crippen LogP contribution in [0.5, 0.6) is 11.5 Å². The standard InChI is InChI=1S/C12H6BrClFNO3/c13-7-4-5-10(8(14)6-7)19-11-3-1-2-9(15)12(11)16(17)18/h1-6H. The van der Waals surface area contributed by atoms with Gasteiger partial charge in [0.1, 0.15) is 5.75 Å². The zero-order valence-corrected chi connectivity index (χ0v) is 11.6. The first-order valence-electron chi connectivity index (χ1n) is 5.05. The number of nitro benzene ring substituents is 1. The molecule has 0 radical (unpaired) electrons. The monoisotopic (exact) mass is 345 g/mol. The quantitative estimate of drug-likeness (QED) is 0.584. The summed E-state index contributed by atoms with van der Waals surface area (Å²) in [7, 11) is 0. The van der Waals surface area contributed by atoms with E-state index in [9.17, 15) is 14.5 Å². The lowest BCUT2D eigenvalue weighted by Crippen LogP contribution is -1.96. The van der Waals surface area contributed by atoms with Crippen LogP contribution in [0.1, 0.15) is 0 Å². The Labute approximate surface area is 121 Å². The van der Waals surface area contributed by atoms with E-state index in [1.807, 2.05) is 0 Å². The van der Waals surface area contributed by atoms with E-state index in [-0.39, 0.29) is 16.5 Å². The summed E-state index contributed by atoms with van der Waals surface area (Å²) in [5.41, 5.74) is -0.721. The molecule has 0 heterocycles. The fraction of sp³-hybridized carbons (Fsp3) is 0. The third kappa shape index (κ3) is 3.02. The molecule has 7 heteroatoms. The molecule has 0 saturated heterocycles. The van der Waals surface area contributed by atoms with Crippen LogP contribution < -0.4 is 4.74 Å². The van der Waals surface area contributed by atoms with Crippen molar-refractivity contribution in [3.8, 4) is 11.5 Å². The maximum atomic E-state index is 13.4. The van der Waals surface area contributed by atoms with E-state index in [0.717, 1.165) is 10.5 Å². The van der Waals surface area contributed by atoms with Crippen LogP contribution >= 0.6 is 27.5 Å². The van der Waals surface area contributed by atoms with Gasteiger partial charge in [0.05, 0.1) is 9.95 Å². The lowest BCUT2D eigenvalue weighted by Gasteiger charge is -2.08. The summed E-state index contributed by atoms with van der Waals surface area (Å²) in [5, 5.41) is 11.1. The van der Waals surface area contributed by atoms with Crippen LogP contribution in [-0.4, -0.2) is 4.92 Å². The molecule has 0 aliphatic heterocycles. The Balaban J connectivity index is 2.44. The number of nitro groups is 1. The molecule has 2 aromatic rings. The molecule has 0 amide bonds. The molecule has 0 atom stereocenters. The van der Waals surface area contributed by atoms with E-state index in [4.69, 9.17) is 16.3 Å². The van der Waals surface area contributed by atoms with Crippen molar-refractivity contribution in [3.05, 3.63) is 61.8 Å². The van der Waals surface area contributed by atoms with Gasteiger partial charge in [-0.05, 0) is 30.3 Å². The molecule has 0 fully saturated rings. The Kier molecular flexibility index (Phi) is 4.01. The SMILES string of the molecule is O=[N+]([O-])c1c(F)cccc1Oc1ccc(Br)cc1Cl. The summed E-state index contributed by atoms with van der Waals surface area (Å²) in [6, 6.07) is 8.38. The highest BCUT2D eigenvalue weighted by Crippen LogP contribution is 2.37. The van der Waals surface area contributed by atoms with Crippen molar-refractivity contribution in [2.75, 3.05) is 0 Å². The molecule has 4 nitrogen and oxygen atoms in total. The third-order valence-electron chi connectivity index (χ3n) is 2.25. The molecule has 0 aliphatic carbocycles. The molecule has 0 spiro atoms. The van der Waals surface area contributed by atoms with Gasteiger partial charge in [0.2, 0.25) is 11.6 Å². The zero-order chi connectivity index (χ0) is 14.0. The number of para-hydroxylation sites is 1. The Morgan fingerprint density at radius 2 is 2.00 bits per heavy atom. The van der Waals surface area contributed by atoms with Crippen LogP contribution in [0, 0.1) is 15.9 Å². The van der Waals surface area contributed by atoms with Gasteiger partial charge in [0.25, 0.3) is 0 Å². The van der Waals surface area contributed by atoms with Gasteiger partial charge in [-0.3, -0.25) is 10.1 Å². The van der Waals surface area contributed by atoms with Gasteiger partial charge in [0.15, 0.2) is 0 Å². The van der Waals surface area contributed by atoms with E-state index in [0.29, 0.717) is 0 Å². The lowest BCUT2D eigenvalue weighted by atomic mass is 10.3. The van der Waals surface area contributed by atoms with Crippen molar-refractivity contribution in [2.45, 2.75) is 0 Å². The third-order valence-corrected chi connectivity index (χ3v) is 3.03. The van der Waals surface area contributed by atoms with Crippen LogP contribution in [0.15, 0.2) is 40.9 Å². The number of hydrogen-bond donors (Lipinski definition) is 0. The van der Waals surface area contributed by atoms with E-state index in [1.54, 1.807) is 12.1 Å². The highest BCUT2D eigenvalue weighted by molar-refractivity contribution is 9.10. The van der Waals surface area contributed by atoms with Gasteiger partial charge in [-0.2, -0.15) is 4.39 Å². The number of ether oxygens (including phenoxy) is 1. The molecule has 2 rings (SSSR count). The average molecular weight is 347 g/mol. The van der Waals surface area contributed by atoms with Crippen molar-refractivity contribution < 1.29 is 14.1 Å². The molecule has 98 valence electrons. The first kappa shape index (κ1) is 13.8. The fourth-order valence-electron chi connectivity index (χ4n) is 1.43. The topological polar surface area (TPSA) is 52.4 Å². The number of benzene rings is 2. The molecule has 2 aromatic carbocycles. The largest absolute Gasteiger partial charge is 0.448 e. The zero-order valence-electron chi connectivity index (χ0n) is 9.27. The first-order valence-corrected chi connectivity index (χ1v) is 6.22. The van der Waals surface area contributed by atoms with Crippen molar-refractivity contribution in [3.63, 3.8) is 0 Å². The maximum absolute atomic E-state index is 13.4. The smallest absolute Gasteiger partial charge is 0.346 e. The van der Waals surface area contributed by atoms with Gasteiger partial charge in [-0.25, -0.2) is 0 Å². The summed E-state index contributed by atoms with van der Waals surface area (Å²) in [5.74, 6) is -0.955. The fourth-order valence-corrected chi connectivity index (χ4v) is 2.14. The van der Waals surface area contributed by atoms with Crippen LogP contribution in [-0.2, 0) is 0 Å². The van der Waals surface area contributed by atoms with Crippen molar-refractivity contribution >= 4 is 33.2 Å². The van der Waals surface area contributed by atoms with E-state index >= 15 is 0 Å². The highest BCUT2D eigenvalue weighted by Gasteiger charge is 2.22. The first-order chi connectivity index (χ1) is 8.99. The molecule has 0 aromatic heterocycles. The molecule has 0 N–H and O–H groups in total. The predicted molar refractivity (Wildman–Crippen MR) is 72.3 cm³/mol. The molecule has 0 aliphatic rings. The second kappa shape index (κ2) is 5.54. The summed E-state index contributed by atoms with van der Waals surface area (Å²) < 4.78 is 19.4. The van der Waals surface area contributed by atoms with E-state index in [1.165, 1.54) is 18.2 Å².